The number of hydrazine groups is 1. The van der Waals surface area contributed by atoms with Gasteiger partial charge in [0.05, 0.1) is 24.6 Å². The zero-order valence-corrected chi connectivity index (χ0v) is 10.5. The number of benzene rings is 1. The van der Waals surface area contributed by atoms with Gasteiger partial charge in [0.1, 0.15) is 0 Å². The van der Waals surface area contributed by atoms with E-state index >= 15 is 0 Å². The maximum absolute atomic E-state index is 11.6. The number of hydrogen-bond acceptors (Lipinski definition) is 6. The molecule has 19 heavy (non-hydrogen) atoms. The maximum atomic E-state index is 11.6. The van der Waals surface area contributed by atoms with Crippen molar-refractivity contribution < 1.29 is 14.3 Å². The zero-order valence-electron chi connectivity index (χ0n) is 10.5. The van der Waals surface area contributed by atoms with Crippen LogP contribution in [-0.2, 0) is 0 Å². The number of anilines is 2. The summed E-state index contributed by atoms with van der Waals surface area (Å²) in [6.07, 6.45) is 0. The summed E-state index contributed by atoms with van der Waals surface area (Å²) in [6.45, 7) is 4.30. The Balaban J connectivity index is 2.51. The molecule has 0 atom stereocenters. The van der Waals surface area contributed by atoms with Crippen LogP contribution in [0.15, 0.2) is 12.1 Å². The molecule has 104 valence electrons. The molecule has 0 bridgehead atoms. The minimum atomic E-state index is -1.05. The van der Waals surface area contributed by atoms with E-state index in [0.717, 1.165) is 0 Å². The van der Waals surface area contributed by atoms with Crippen LogP contribution in [0, 0.1) is 10.4 Å². The fourth-order valence-corrected chi connectivity index (χ4v) is 1.70. The second kappa shape index (κ2) is 5.21. The van der Waals surface area contributed by atoms with Crippen LogP contribution in [0.5, 0.6) is 11.5 Å². The first-order chi connectivity index (χ1) is 9.08. The highest BCUT2D eigenvalue weighted by molar-refractivity contribution is 6.01. The lowest BCUT2D eigenvalue weighted by Crippen LogP contribution is -2.49. The summed E-state index contributed by atoms with van der Waals surface area (Å²) in [5.74, 6) is 0.653. The Morgan fingerprint density at radius 2 is 1.63 bits per heavy atom. The lowest BCUT2D eigenvalue weighted by atomic mass is 10.2. The van der Waals surface area contributed by atoms with E-state index in [1.165, 1.54) is 12.1 Å². The summed E-state index contributed by atoms with van der Waals surface area (Å²) >= 11 is 0. The van der Waals surface area contributed by atoms with Crippen molar-refractivity contribution in [1.82, 2.24) is 5.43 Å². The van der Waals surface area contributed by atoms with E-state index in [9.17, 15) is 15.2 Å². The molecule has 0 spiro atoms. The van der Waals surface area contributed by atoms with Gasteiger partial charge >= 0.3 is 6.03 Å². The quantitative estimate of drug-likeness (QED) is 0.891. The molecule has 0 aliphatic carbocycles. The number of carbonyl (C=O) groups excluding carboxylic acids is 1. The summed E-state index contributed by atoms with van der Waals surface area (Å²) in [5.41, 5.74) is 1.79. The van der Waals surface area contributed by atoms with Crippen LogP contribution in [0.2, 0.25) is 0 Å². The summed E-state index contributed by atoms with van der Waals surface area (Å²) in [4.78, 5) is 11.2. The molecule has 0 radical (unpaired) electrons. The van der Waals surface area contributed by atoms with E-state index in [0.29, 0.717) is 24.7 Å². The summed E-state index contributed by atoms with van der Waals surface area (Å²) in [7, 11) is 0. The summed E-state index contributed by atoms with van der Waals surface area (Å²) in [6, 6.07) is 1.64. The summed E-state index contributed by atoms with van der Waals surface area (Å²) < 4.78 is 10.7. The highest BCUT2D eigenvalue weighted by Gasteiger charge is 2.22. The molecule has 0 fully saturated rings. The van der Waals surface area contributed by atoms with Gasteiger partial charge in [-0.3, -0.25) is 5.43 Å². The Morgan fingerprint density at radius 1 is 1.11 bits per heavy atom. The molecule has 1 aliphatic rings. The van der Waals surface area contributed by atoms with E-state index in [2.05, 4.69) is 0 Å². The molecular weight excluding hydrogens is 254 g/mol. The van der Waals surface area contributed by atoms with Gasteiger partial charge in [-0.1, -0.05) is 0 Å². The first-order valence-electron chi connectivity index (χ1n) is 5.77. The standard InChI is InChI=1S/C11H13N3O5/c1-3-18-9-5-7-8(6-10(9)19-4-2)14(17)12-11(15)13(7)16/h5-6H,3-4H2,1-2H3,(H,12,15)/q-2. The smallest absolute Gasteiger partial charge is 0.329 e. The number of nitrogens with one attached hydrogen (secondary N) is 1. The molecule has 1 aliphatic heterocycles. The van der Waals surface area contributed by atoms with E-state index in [1.54, 1.807) is 13.8 Å². The zero-order chi connectivity index (χ0) is 14.0. The fourth-order valence-electron chi connectivity index (χ4n) is 1.70. The highest BCUT2D eigenvalue weighted by atomic mass is 16.6. The largest absolute Gasteiger partial charge is 0.750 e. The van der Waals surface area contributed by atoms with E-state index in [-0.39, 0.29) is 21.6 Å². The Morgan fingerprint density at radius 3 is 2.16 bits per heavy atom. The molecule has 2 rings (SSSR count). The number of nitrogens with zero attached hydrogens (tertiary/aromatic N) is 2. The van der Waals surface area contributed by atoms with Gasteiger partial charge in [0.25, 0.3) is 0 Å². The van der Waals surface area contributed by atoms with Crippen molar-refractivity contribution in [3.63, 3.8) is 0 Å². The minimum absolute atomic E-state index is 0.00139. The molecule has 0 saturated heterocycles. The Hall–Kier alpha value is -2.19. The van der Waals surface area contributed by atoms with Gasteiger partial charge in [-0.25, -0.2) is 4.79 Å². The van der Waals surface area contributed by atoms with Crippen molar-refractivity contribution in [3.05, 3.63) is 22.5 Å². The second-order valence-electron chi connectivity index (χ2n) is 3.66. The van der Waals surface area contributed by atoms with Crippen molar-refractivity contribution in [2.24, 2.45) is 0 Å². The highest BCUT2D eigenvalue weighted by Crippen LogP contribution is 2.41. The van der Waals surface area contributed by atoms with Crippen LogP contribution >= 0.6 is 0 Å². The molecule has 8 nitrogen and oxygen atoms in total. The van der Waals surface area contributed by atoms with Gasteiger partial charge in [0.2, 0.25) is 0 Å². The molecule has 1 aromatic carbocycles. The molecule has 1 heterocycles. The van der Waals surface area contributed by atoms with Crippen molar-refractivity contribution in [1.29, 1.82) is 0 Å². The molecular formula is C11H13N3O5-2. The molecule has 1 aromatic rings. The maximum Gasteiger partial charge on any atom is 0.329 e. The van der Waals surface area contributed by atoms with Crippen molar-refractivity contribution in [2.75, 3.05) is 23.4 Å². The lowest BCUT2D eigenvalue weighted by molar-refractivity contribution is 0.247. The Kier molecular flexibility index (Phi) is 3.63. The van der Waals surface area contributed by atoms with Gasteiger partial charge in [-0.2, -0.15) is 0 Å². The van der Waals surface area contributed by atoms with Gasteiger partial charge in [0, 0.05) is 12.1 Å². The number of carbonyl (C=O) groups is 1. The third kappa shape index (κ3) is 2.35. The number of hydrogen-bond donors (Lipinski definition) is 1. The van der Waals surface area contributed by atoms with E-state index < -0.39 is 6.03 Å². The number of hydroxylamine groups is 1. The molecule has 1 N–H and O–H groups in total. The fraction of sp³-hybridized carbons (Fsp3) is 0.364. The average molecular weight is 267 g/mol. The van der Waals surface area contributed by atoms with Crippen LogP contribution in [-0.4, -0.2) is 19.2 Å². The molecule has 2 amide bonds. The van der Waals surface area contributed by atoms with Gasteiger partial charge in [-0.15, -0.1) is 0 Å². The van der Waals surface area contributed by atoms with Gasteiger partial charge < -0.3 is 30.1 Å². The molecule has 0 saturated carbocycles. The third-order valence-corrected chi connectivity index (χ3v) is 2.46. The summed E-state index contributed by atoms with van der Waals surface area (Å²) in [5, 5.41) is 23.5. The van der Waals surface area contributed by atoms with Crippen LogP contribution < -0.4 is 25.1 Å². The predicted molar refractivity (Wildman–Crippen MR) is 69.0 cm³/mol. The number of fused-ring (bicyclic) bond motifs is 1. The van der Waals surface area contributed by atoms with E-state index in [1.807, 2.05) is 5.43 Å². The number of urea groups is 1. The lowest BCUT2D eigenvalue weighted by Gasteiger charge is -2.44. The molecule has 0 unspecified atom stereocenters. The average Bonchev–Trinajstić information content (AvgIpc) is 2.38. The van der Waals surface area contributed by atoms with Gasteiger partial charge in [0.15, 0.2) is 11.5 Å². The number of ether oxygens (including phenoxy) is 2. The van der Waals surface area contributed by atoms with E-state index in [4.69, 9.17) is 9.47 Å². The van der Waals surface area contributed by atoms with Gasteiger partial charge in [-0.05, 0) is 13.8 Å². The van der Waals surface area contributed by atoms with Crippen LogP contribution in [0.25, 0.3) is 0 Å². The van der Waals surface area contributed by atoms with Crippen LogP contribution in [0.4, 0.5) is 16.2 Å². The topological polar surface area (TPSA) is 100 Å². The third-order valence-electron chi connectivity index (χ3n) is 2.46. The van der Waals surface area contributed by atoms with Crippen molar-refractivity contribution in [3.8, 4) is 11.5 Å². The Labute approximate surface area is 109 Å². The van der Waals surface area contributed by atoms with Crippen molar-refractivity contribution >= 4 is 17.4 Å². The molecule has 0 aromatic heterocycles. The predicted octanol–water partition coefficient (Wildman–Crippen LogP) is 1.73. The SMILES string of the molecule is CCOc1cc2c(cc1OCC)N([O-])C(=O)NN2[O-]. The minimum Gasteiger partial charge on any atom is -0.750 e. The normalized spacial score (nSPS) is 14.0. The van der Waals surface area contributed by atoms with Crippen LogP contribution in [0.3, 0.4) is 0 Å². The second-order valence-corrected chi connectivity index (χ2v) is 3.66. The molecule has 8 heteroatoms. The number of rotatable bonds is 4. The first kappa shape index (κ1) is 13.2. The Bertz CT molecular complexity index is 493. The van der Waals surface area contributed by atoms with Crippen molar-refractivity contribution in [2.45, 2.75) is 13.8 Å². The monoisotopic (exact) mass is 267 g/mol. The first-order valence-corrected chi connectivity index (χ1v) is 5.77. The number of amides is 2. The van der Waals surface area contributed by atoms with Crippen LogP contribution in [0.1, 0.15) is 13.8 Å².